The predicted octanol–water partition coefficient (Wildman–Crippen LogP) is 22.0. The maximum absolute atomic E-state index is 14.4. The van der Waals surface area contributed by atoms with Crippen LogP contribution < -0.4 is 30.7 Å². The van der Waals surface area contributed by atoms with Crippen molar-refractivity contribution in [1.82, 2.24) is 0 Å². The molecule has 0 spiro atoms. The van der Waals surface area contributed by atoms with Gasteiger partial charge in [-0.2, -0.15) is 0 Å². The van der Waals surface area contributed by atoms with E-state index >= 15 is 0 Å². The number of hydrogen-bond donors (Lipinski definition) is 4. The number of amides is 4. The lowest BCUT2D eigenvalue weighted by atomic mass is 10.0. The second-order valence-corrected chi connectivity index (χ2v) is 28.7. The summed E-state index contributed by atoms with van der Waals surface area (Å²) in [6.45, 7) is 13.8. The van der Waals surface area contributed by atoms with E-state index in [2.05, 4.69) is 21.3 Å². The lowest BCUT2D eigenvalue weighted by molar-refractivity contribution is -0.150. The van der Waals surface area contributed by atoms with Crippen LogP contribution >= 0.6 is 0 Å². The van der Waals surface area contributed by atoms with Gasteiger partial charge in [-0.05, 0) is 211 Å². The molecule has 640 valence electrons. The van der Waals surface area contributed by atoms with E-state index < -0.39 is 82.1 Å². The third kappa shape index (κ3) is 28.3. The number of carbonyl (C=O) groups is 8. The molecule has 0 radical (unpaired) electrons. The Hall–Kier alpha value is -14.6. The summed E-state index contributed by atoms with van der Waals surface area (Å²) >= 11 is 0. The average Bonchev–Trinajstić information content (AvgIpc) is 0.828. The van der Waals surface area contributed by atoms with E-state index in [1.165, 1.54) is 121 Å². The molecule has 4 N–H and O–H groups in total. The van der Waals surface area contributed by atoms with E-state index in [-0.39, 0.29) is 103 Å². The Bertz CT molecular complexity index is 5780. The lowest BCUT2D eigenvalue weighted by Crippen LogP contribution is -2.20. The van der Waals surface area contributed by atoms with Gasteiger partial charge in [0.25, 0.3) is 23.6 Å². The van der Waals surface area contributed by atoms with Crippen LogP contribution in [0.5, 0.6) is 11.5 Å². The smallest absolute Gasteiger partial charge is 0.344 e. The van der Waals surface area contributed by atoms with Gasteiger partial charge < -0.3 is 49.7 Å². The molecule has 12 aromatic carbocycles. The minimum Gasteiger partial charge on any atom is -0.491 e. The molecule has 124 heavy (non-hydrogen) atoms. The van der Waals surface area contributed by atoms with E-state index in [0.717, 1.165) is 17.7 Å². The summed E-state index contributed by atoms with van der Waals surface area (Å²) in [4.78, 5) is 97.8. The number of anilines is 4. The zero-order valence-electron chi connectivity index (χ0n) is 68.7. The van der Waals surface area contributed by atoms with Gasteiger partial charge in [-0.15, -0.1) is 0 Å². The van der Waals surface area contributed by atoms with E-state index in [1.807, 2.05) is 0 Å². The summed E-state index contributed by atoms with van der Waals surface area (Å²) in [5.74, 6) is -8.71. The second kappa shape index (κ2) is 45.7. The van der Waals surface area contributed by atoms with Crippen molar-refractivity contribution >= 4 is 70.3 Å². The van der Waals surface area contributed by atoms with Gasteiger partial charge in [0.05, 0.1) is 77.3 Å². The summed E-state index contributed by atoms with van der Waals surface area (Å²) < 4.78 is 143. The summed E-state index contributed by atoms with van der Waals surface area (Å²) in [6.07, 6.45) is -0.0441. The van der Waals surface area contributed by atoms with Crippen LogP contribution in [0.25, 0.3) is 44.5 Å². The molecule has 18 nitrogen and oxygen atoms in total. The number of nitrogens with one attached hydrogen (secondary N) is 4. The van der Waals surface area contributed by atoms with Crippen LogP contribution in [0.2, 0.25) is 0 Å². The van der Waals surface area contributed by atoms with Crippen LogP contribution in [0, 0.1) is 58.4 Å². The molecule has 0 fully saturated rings. The van der Waals surface area contributed by atoms with Crippen molar-refractivity contribution in [2.24, 2.45) is 11.8 Å². The Balaban J connectivity index is 0.000000187. The first-order valence-corrected chi connectivity index (χ1v) is 39.2. The summed E-state index contributed by atoms with van der Waals surface area (Å²) in [7, 11) is 0. The fourth-order valence-corrected chi connectivity index (χ4v) is 11.7. The molecule has 0 aliphatic carbocycles. The summed E-state index contributed by atoms with van der Waals surface area (Å²) in [5.41, 5.74) is 6.27. The highest BCUT2D eigenvalue weighted by atomic mass is 19.2. The molecule has 0 unspecified atom stereocenters. The highest BCUT2D eigenvalue weighted by Gasteiger charge is 2.23. The number of rotatable bonds is 28. The Kier molecular flexibility index (Phi) is 34.4. The third-order valence-electron chi connectivity index (χ3n) is 17.8. The number of carbonyl (C=O) groups excluding carboxylic acids is 8. The van der Waals surface area contributed by atoms with Crippen molar-refractivity contribution in [2.45, 2.75) is 87.0 Å². The number of para-hydroxylation sites is 6. The molecular formula is C98H88F8N4O14. The van der Waals surface area contributed by atoms with Gasteiger partial charge in [0.15, 0.2) is 6.61 Å². The van der Waals surface area contributed by atoms with Crippen LogP contribution in [0.4, 0.5) is 57.9 Å². The van der Waals surface area contributed by atoms with Gasteiger partial charge in [-0.3, -0.25) is 33.6 Å². The minimum absolute atomic E-state index is 0.0146. The average molecular weight is 1700 g/mol. The van der Waals surface area contributed by atoms with Gasteiger partial charge in [-0.1, -0.05) is 161 Å². The van der Waals surface area contributed by atoms with Gasteiger partial charge in [0, 0.05) is 23.4 Å². The van der Waals surface area contributed by atoms with Crippen molar-refractivity contribution in [3.05, 3.63) is 347 Å². The number of hydrogen-bond acceptors (Lipinski definition) is 14. The van der Waals surface area contributed by atoms with Crippen LogP contribution in [0.15, 0.2) is 267 Å². The number of esters is 4. The van der Waals surface area contributed by atoms with Gasteiger partial charge >= 0.3 is 23.9 Å². The van der Waals surface area contributed by atoms with Crippen LogP contribution in [0.1, 0.15) is 114 Å². The molecule has 0 atom stereocenters. The Morgan fingerprint density at radius 2 is 0.605 bits per heavy atom. The molecule has 0 aliphatic rings. The van der Waals surface area contributed by atoms with Gasteiger partial charge in [0.1, 0.15) is 64.6 Å². The van der Waals surface area contributed by atoms with Crippen molar-refractivity contribution in [2.75, 3.05) is 41.1 Å². The largest absolute Gasteiger partial charge is 0.491 e. The first-order chi connectivity index (χ1) is 59.4. The number of ether oxygens (including phenoxy) is 6. The van der Waals surface area contributed by atoms with Gasteiger partial charge in [-0.25, -0.2) is 39.9 Å². The monoisotopic (exact) mass is 1700 g/mol. The van der Waals surface area contributed by atoms with Crippen molar-refractivity contribution in [3.8, 4) is 56.0 Å². The Morgan fingerprint density at radius 3 is 0.968 bits per heavy atom. The normalized spacial score (nSPS) is 10.7. The zero-order valence-corrected chi connectivity index (χ0v) is 68.7. The fraction of sp³-hybridized carbons (Fsp3) is 0.184. The molecule has 12 rings (SSSR count). The minimum atomic E-state index is -0.725. The highest BCUT2D eigenvalue weighted by Crippen LogP contribution is 2.33. The fourth-order valence-electron chi connectivity index (χ4n) is 11.7. The van der Waals surface area contributed by atoms with E-state index in [9.17, 15) is 73.5 Å². The lowest BCUT2D eigenvalue weighted by Gasteiger charge is -2.14. The van der Waals surface area contributed by atoms with Crippen LogP contribution in [-0.2, 0) is 51.2 Å². The van der Waals surface area contributed by atoms with E-state index in [4.69, 9.17) is 28.4 Å². The molecule has 12 aromatic rings. The van der Waals surface area contributed by atoms with Crippen LogP contribution in [-0.4, -0.2) is 79.5 Å². The quantitative estimate of drug-likeness (QED) is 0.0203. The molecular weight excluding hydrogens is 1610 g/mol. The number of halogens is 8. The predicted molar refractivity (Wildman–Crippen MR) is 457 cm³/mol. The molecule has 0 aromatic heterocycles. The maximum Gasteiger partial charge on any atom is 0.344 e. The number of benzene rings is 12. The molecule has 26 heteroatoms. The SMILES string of the molecule is CC(C)C(=O)OCCc1ccccc1NC(=O)c1cc(-c2cccc(F)c2)ccc1F.CC(C)C(=O)OCc1ccccc1NC(=O)c1cc(-c2cccc(F)c2)ccc1F.CC(C)OC(=O)CCOc1ccccc1NC(=O)c1cc(-c2cccc(F)c2)ccc1F.CC(C)OC(=O)COc1ccccc1NC(=O)c1cc(-c2cccc(F)c2)ccc1F. The van der Waals surface area contributed by atoms with Crippen molar-refractivity contribution in [3.63, 3.8) is 0 Å². The van der Waals surface area contributed by atoms with E-state index in [1.54, 1.807) is 189 Å². The molecule has 0 bridgehead atoms. The zero-order chi connectivity index (χ0) is 89.5. The topological polar surface area (TPSA) is 240 Å². The first kappa shape index (κ1) is 93.3. The molecule has 0 aliphatic heterocycles. The molecule has 0 heterocycles. The maximum atomic E-state index is 14.4. The standard InChI is InChI=1S/C25H23F2NO4.C25H23F2NO3.C24H21F2NO4.C24H21F2NO3/c1-16(2)32-24(29)12-13-31-23-9-4-3-8-22(23)28-25(30)20-15-18(10-11-21(20)27)17-6-5-7-19(26)14-17;1-16(2)25(30)31-13-12-17-6-3-4-9-23(17)28-24(29)21-15-19(10-11-22(21)27)18-7-5-8-20(26)14-18;1-15(2)31-23(28)14-30-22-9-4-3-8-21(22)27-24(29)19-13-17(10-11-20(19)26)16-6-5-7-18(25)12-16;1-15(2)24(29)30-14-18-6-3-4-9-22(18)27-23(28)20-13-17(10-11-21(20)26)16-7-5-8-19(25)12-16/h3-11,14-16H,12-13H2,1-2H3,(H,28,30);3-11,14-16H,12-13H2,1-2H3,(H,28,29);3-13,15H,14H2,1-2H3,(H,27,29);3-13,15H,14H2,1-2H3,(H,27,28). The first-order valence-electron chi connectivity index (χ1n) is 39.2. The Morgan fingerprint density at radius 1 is 0.298 bits per heavy atom. The highest BCUT2D eigenvalue weighted by molar-refractivity contribution is 6.08. The molecule has 0 saturated heterocycles. The molecule has 4 amide bonds. The van der Waals surface area contributed by atoms with Gasteiger partial charge in [0.2, 0.25) is 0 Å². The van der Waals surface area contributed by atoms with E-state index in [0.29, 0.717) is 79.3 Å². The van der Waals surface area contributed by atoms with Crippen LogP contribution in [0.3, 0.4) is 0 Å². The second-order valence-electron chi connectivity index (χ2n) is 28.7. The molecule has 0 saturated carbocycles. The summed E-state index contributed by atoms with van der Waals surface area (Å²) in [6, 6.07) is 66.4. The summed E-state index contributed by atoms with van der Waals surface area (Å²) in [5, 5.41) is 10.6. The Labute approximate surface area is 711 Å². The van der Waals surface area contributed by atoms with Crippen molar-refractivity contribution < 1.29 is 102 Å². The van der Waals surface area contributed by atoms with Crippen molar-refractivity contribution in [1.29, 1.82) is 0 Å². The third-order valence-corrected chi connectivity index (χ3v) is 17.8.